The van der Waals surface area contributed by atoms with Crippen LogP contribution >= 0.6 is 22.9 Å². The van der Waals surface area contributed by atoms with Gasteiger partial charge in [0.15, 0.2) is 5.13 Å². The second-order valence-corrected chi connectivity index (χ2v) is 9.07. The van der Waals surface area contributed by atoms with E-state index in [1.807, 2.05) is 42.5 Å². The van der Waals surface area contributed by atoms with Crippen molar-refractivity contribution in [1.29, 1.82) is 0 Å². The number of amides is 1. The monoisotopic (exact) mass is 473 g/mol. The van der Waals surface area contributed by atoms with E-state index in [0.717, 1.165) is 54.9 Å². The van der Waals surface area contributed by atoms with Crippen molar-refractivity contribution in [1.82, 2.24) is 9.88 Å². The number of aromatic nitrogens is 1. The van der Waals surface area contributed by atoms with Crippen molar-refractivity contribution < 1.29 is 9.53 Å². The molecule has 0 saturated carbocycles. The molecule has 0 spiro atoms. The summed E-state index contributed by atoms with van der Waals surface area (Å²) in [6.07, 6.45) is 3.30. The number of carbonyl (C=O) groups is 1. The highest BCUT2D eigenvalue weighted by Crippen LogP contribution is 2.33. The van der Waals surface area contributed by atoms with Gasteiger partial charge in [-0.05, 0) is 49.8 Å². The van der Waals surface area contributed by atoms with Gasteiger partial charge < -0.3 is 9.64 Å². The Balaban J connectivity index is 1.86. The van der Waals surface area contributed by atoms with E-state index in [1.165, 1.54) is 11.3 Å². The van der Waals surface area contributed by atoms with Crippen LogP contribution in [0.1, 0.15) is 50.4 Å². The van der Waals surface area contributed by atoms with Crippen LogP contribution in [0.4, 0.5) is 5.13 Å². The van der Waals surface area contributed by atoms with Gasteiger partial charge in [-0.1, -0.05) is 68.7 Å². The highest BCUT2D eigenvalue weighted by Gasteiger charge is 2.23. The van der Waals surface area contributed by atoms with Gasteiger partial charge in [0, 0.05) is 18.7 Å². The van der Waals surface area contributed by atoms with Gasteiger partial charge in [0.1, 0.15) is 11.3 Å². The van der Waals surface area contributed by atoms with E-state index in [4.69, 9.17) is 21.3 Å². The van der Waals surface area contributed by atoms with E-state index in [-0.39, 0.29) is 5.91 Å². The maximum Gasteiger partial charge on any atom is 0.260 e. The summed E-state index contributed by atoms with van der Waals surface area (Å²) in [7, 11) is 0. The average Bonchev–Trinajstić information content (AvgIpc) is 3.25. The molecule has 0 fully saturated rings. The zero-order valence-corrected chi connectivity index (χ0v) is 20.7. The Morgan fingerprint density at radius 2 is 1.84 bits per heavy atom. The predicted octanol–water partition coefficient (Wildman–Crippen LogP) is 6.51. The molecule has 5 nitrogen and oxygen atoms in total. The lowest BCUT2D eigenvalue weighted by atomic mass is 10.2. The van der Waals surface area contributed by atoms with Crippen LogP contribution in [0, 0.1) is 0 Å². The van der Waals surface area contributed by atoms with Crippen LogP contribution in [0.3, 0.4) is 0 Å². The number of hydrogen-bond acceptors (Lipinski definition) is 5. The second-order valence-electron chi connectivity index (χ2n) is 7.65. The number of unbranched alkanes of at least 4 members (excludes halogenated alkanes) is 2. The molecule has 172 valence electrons. The van der Waals surface area contributed by atoms with Gasteiger partial charge in [-0.15, -0.1) is 0 Å². The summed E-state index contributed by atoms with van der Waals surface area (Å²) in [5, 5.41) is 1.27. The molecule has 0 aliphatic rings. The molecule has 0 aliphatic heterocycles. The van der Waals surface area contributed by atoms with Gasteiger partial charge >= 0.3 is 0 Å². The van der Waals surface area contributed by atoms with E-state index in [2.05, 4.69) is 25.7 Å². The van der Waals surface area contributed by atoms with Crippen molar-refractivity contribution in [2.24, 2.45) is 0 Å². The van der Waals surface area contributed by atoms with Crippen molar-refractivity contribution in [2.75, 3.05) is 37.7 Å². The van der Waals surface area contributed by atoms with Gasteiger partial charge in [-0.3, -0.25) is 9.69 Å². The van der Waals surface area contributed by atoms with Crippen LogP contribution in [0.25, 0.3) is 10.2 Å². The van der Waals surface area contributed by atoms with Crippen LogP contribution in [0.15, 0.2) is 42.5 Å². The molecule has 0 saturated heterocycles. The molecule has 2 aromatic carbocycles. The molecule has 32 heavy (non-hydrogen) atoms. The maximum atomic E-state index is 13.6. The Hall–Kier alpha value is -2.15. The molecular weight excluding hydrogens is 442 g/mol. The predicted molar refractivity (Wildman–Crippen MR) is 136 cm³/mol. The molecule has 1 amide bonds. The fraction of sp³-hybridized carbons (Fsp3) is 0.440. The molecule has 1 heterocycles. The summed E-state index contributed by atoms with van der Waals surface area (Å²) in [6.45, 7) is 10.3. The summed E-state index contributed by atoms with van der Waals surface area (Å²) in [6, 6.07) is 13.2. The third-order valence-electron chi connectivity index (χ3n) is 5.47. The summed E-state index contributed by atoms with van der Waals surface area (Å²) < 4.78 is 6.84. The van der Waals surface area contributed by atoms with Crippen LogP contribution < -0.4 is 9.64 Å². The van der Waals surface area contributed by atoms with Crippen molar-refractivity contribution in [3.63, 3.8) is 0 Å². The Morgan fingerprint density at radius 1 is 1.06 bits per heavy atom. The SMILES string of the molecule is CCCCCOc1cccc(C(=O)N(CCN(CC)CC)c2nc3c(Cl)cccc3s2)c1. The number of nitrogens with zero attached hydrogens (tertiary/aromatic N) is 3. The molecule has 3 rings (SSSR count). The first-order valence-electron chi connectivity index (χ1n) is 11.4. The third kappa shape index (κ3) is 6.21. The van der Waals surface area contributed by atoms with Crippen LogP contribution in [-0.2, 0) is 0 Å². The molecule has 7 heteroatoms. The lowest BCUT2D eigenvalue weighted by molar-refractivity contribution is 0.0983. The maximum absolute atomic E-state index is 13.6. The average molecular weight is 474 g/mol. The molecule has 0 aliphatic carbocycles. The minimum atomic E-state index is -0.0775. The topological polar surface area (TPSA) is 45.7 Å². The Bertz CT molecular complexity index is 1020. The Kier molecular flexibility index (Phi) is 9.33. The number of carbonyl (C=O) groups excluding carboxylic acids is 1. The lowest BCUT2D eigenvalue weighted by Crippen LogP contribution is -2.38. The summed E-state index contributed by atoms with van der Waals surface area (Å²) in [5.41, 5.74) is 1.34. The van der Waals surface area contributed by atoms with Gasteiger partial charge in [0.25, 0.3) is 5.91 Å². The van der Waals surface area contributed by atoms with Crippen molar-refractivity contribution >= 4 is 44.2 Å². The standard InChI is InChI=1S/C25H32ClN3O2S/c1-4-7-8-17-31-20-12-9-11-19(18-20)24(30)29(16-15-28(5-2)6-3)25-27-23-21(26)13-10-14-22(23)32-25/h9-14,18H,4-8,15-17H2,1-3H3. The summed E-state index contributed by atoms with van der Waals surface area (Å²) in [4.78, 5) is 22.4. The Labute approximate surface area is 200 Å². The second kappa shape index (κ2) is 12.2. The smallest absolute Gasteiger partial charge is 0.260 e. The number of para-hydroxylation sites is 1. The minimum Gasteiger partial charge on any atom is -0.494 e. The zero-order valence-electron chi connectivity index (χ0n) is 19.1. The van der Waals surface area contributed by atoms with E-state index in [1.54, 1.807) is 4.90 Å². The van der Waals surface area contributed by atoms with Gasteiger partial charge in [-0.2, -0.15) is 0 Å². The van der Waals surface area contributed by atoms with Crippen molar-refractivity contribution in [2.45, 2.75) is 40.0 Å². The van der Waals surface area contributed by atoms with Crippen LogP contribution in [-0.4, -0.2) is 48.6 Å². The highest BCUT2D eigenvalue weighted by atomic mass is 35.5. The molecular formula is C25H32ClN3O2S. The zero-order chi connectivity index (χ0) is 22.9. The van der Waals surface area contributed by atoms with E-state index >= 15 is 0 Å². The summed E-state index contributed by atoms with van der Waals surface area (Å²) >= 11 is 7.84. The number of halogens is 1. The first-order valence-corrected chi connectivity index (χ1v) is 12.6. The van der Waals surface area contributed by atoms with Gasteiger partial charge in [-0.25, -0.2) is 4.98 Å². The fourth-order valence-corrected chi connectivity index (χ4v) is 4.79. The minimum absolute atomic E-state index is 0.0775. The number of hydrogen-bond donors (Lipinski definition) is 0. The molecule has 3 aromatic rings. The number of fused-ring (bicyclic) bond motifs is 1. The fourth-order valence-electron chi connectivity index (χ4n) is 3.50. The summed E-state index contributed by atoms with van der Waals surface area (Å²) in [5.74, 6) is 0.648. The lowest BCUT2D eigenvalue weighted by Gasteiger charge is -2.25. The molecule has 0 atom stereocenters. The van der Waals surface area contributed by atoms with E-state index in [0.29, 0.717) is 28.9 Å². The highest BCUT2D eigenvalue weighted by molar-refractivity contribution is 7.22. The van der Waals surface area contributed by atoms with Crippen molar-refractivity contribution in [3.05, 3.63) is 53.1 Å². The number of rotatable bonds is 12. The van der Waals surface area contributed by atoms with Gasteiger partial charge in [0.2, 0.25) is 0 Å². The quantitative estimate of drug-likeness (QED) is 0.281. The number of benzene rings is 2. The normalized spacial score (nSPS) is 11.3. The van der Waals surface area contributed by atoms with E-state index in [9.17, 15) is 4.79 Å². The molecule has 1 aromatic heterocycles. The first-order chi connectivity index (χ1) is 15.6. The molecule has 0 bridgehead atoms. The largest absolute Gasteiger partial charge is 0.494 e. The first kappa shape index (κ1) is 24.5. The number of likely N-dealkylation sites (N-methyl/N-ethyl adjacent to an activating group) is 1. The van der Waals surface area contributed by atoms with E-state index < -0.39 is 0 Å². The molecule has 0 unspecified atom stereocenters. The van der Waals surface area contributed by atoms with Gasteiger partial charge in [0.05, 0.1) is 16.3 Å². The van der Waals surface area contributed by atoms with Crippen LogP contribution in [0.5, 0.6) is 5.75 Å². The third-order valence-corrected chi connectivity index (χ3v) is 6.81. The molecule has 0 radical (unpaired) electrons. The van der Waals surface area contributed by atoms with Crippen LogP contribution in [0.2, 0.25) is 5.02 Å². The number of anilines is 1. The molecule has 0 N–H and O–H groups in total. The van der Waals surface area contributed by atoms with Crippen molar-refractivity contribution in [3.8, 4) is 5.75 Å². The number of ether oxygens (including phenoxy) is 1. The number of thiazole rings is 1. The Morgan fingerprint density at radius 3 is 2.56 bits per heavy atom.